The number of likely N-dealkylation sites (N-methyl/N-ethyl adjacent to an activating group) is 1. The minimum atomic E-state index is -0.847. The van der Waals surface area contributed by atoms with Gasteiger partial charge in [-0.2, -0.15) is 0 Å². The van der Waals surface area contributed by atoms with Crippen molar-refractivity contribution in [2.45, 2.75) is 31.2 Å². The number of hydrogen-bond acceptors (Lipinski definition) is 3. The van der Waals surface area contributed by atoms with E-state index in [0.29, 0.717) is 6.54 Å². The van der Waals surface area contributed by atoms with Gasteiger partial charge >= 0.3 is 5.97 Å². The first-order valence-electron chi connectivity index (χ1n) is 5.11. The highest BCUT2D eigenvalue weighted by molar-refractivity contribution is 5.80. The number of hydrogen-bond donors (Lipinski definition) is 2. The Bertz CT molecular complexity index is 259. The van der Waals surface area contributed by atoms with E-state index >= 15 is 0 Å². The molecule has 5 heteroatoms. The van der Waals surface area contributed by atoms with Gasteiger partial charge in [-0.15, -0.1) is 0 Å². The average molecular weight is 214 g/mol. The minimum Gasteiger partial charge on any atom is -0.481 e. The maximum atomic E-state index is 11.5. The van der Waals surface area contributed by atoms with E-state index in [1.165, 1.54) is 0 Å². The SMILES string of the molecule is CN(C)CC(=O)NC1(CC(=O)O)CCC1. The molecule has 1 saturated carbocycles. The second-order valence-corrected chi connectivity index (χ2v) is 4.49. The zero-order valence-corrected chi connectivity index (χ0v) is 9.25. The first-order valence-corrected chi connectivity index (χ1v) is 5.11. The van der Waals surface area contributed by atoms with E-state index < -0.39 is 11.5 Å². The molecule has 0 spiro atoms. The van der Waals surface area contributed by atoms with Crippen LogP contribution in [0.15, 0.2) is 0 Å². The van der Waals surface area contributed by atoms with Crippen LogP contribution in [0.3, 0.4) is 0 Å². The van der Waals surface area contributed by atoms with Crippen molar-refractivity contribution in [2.75, 3.05) is 20.6 Å². The third-order valence-corrected chi connectivity index (χ3v) is 2.66. The van der Waals surface area contributed by atoms with Crippen molar-refractivity contribution in [3.05, 3.63) is 0 Å². The van der Waals surface area contributed by atoms with Crippen molar-refractivity contribution in [1.82, 2.24) is 10.2 Å². The Kier molecular flexibility index (Phi) is 3.68. The van der Waals surface area contributed by atoms with E-state index in [4.69, 9.17) is 5.11 Å². The van der Waals surface area contributed by atoms with E-state index in [-0.39, 0.29) is 12.3 Å². The van der Waals surface area contributed by atoms with E-state index in [0.717, 1.165) is 19.3 Å². The number of nitrogens with zero attached hydrogens (tertiary/aromatic N) is 1. The van der Waals surface area contributed by atoms with Crippen LogP contribution >= 0.6 is 0 Å². The van der Waals surface area contributed by atoms with Gasteiger partial charge in [-0.05, 0) is 33.4 Å². The summed E-state index contributed by atoms with van der Waals surface area (Å²) in [7, 11) is 3.62. The first kappa shape index (κ1) is 12.0. The number of rotatable bonds is 5. The van der Waals surface area contributed by atoms with Gasteiger partial charge < -0.3 is 15.3 Å². The summed E-state index contributed by atoms with van der Waals surface area (Å²) < 4.78 is 0. The lowest BCUT2D eigenvalue weighted by Crippen LogP contribution is -2.56. The molecule has 1 fully saturated rings. The molecule has 0 unspecified atom stereocenters. The molecule has 86 valence electrons. The topological polar surface area (TPSA) is 69.6 Å². The highest BCUT2D eigenvalue weighted by Gasteiger charge is 2.40. The highest BCUT2D eigenvalue weighted by Crippen LogP contribution is 2.34. The molecule has 0 aromatic heterocycles. The predicted octanol–water partition coefficient (Wildman–Crippen LogP) is 0.0616. The molecule has 5 nitrogen and oxygen atoms in total. The van der Waals surface area contributed by atoms with Crippen LogP contribution < -0.4 is 5.32 Å². The molecule has 0 atom stereocenters. The van der Waals surface area contributed by atoms with Crippen molar-refractivity contribution in [2.24, 2.45) is 0 Å². The summed E-state index contributed by atoms with van der Waals surface area (Å²) in [6.45, 7) is 0.307. The molecule has 1 amide bonds. The Hall–Kier alpha value is -1.10. The summed E-state index contributed by atoms with van der Waals surface area (Å²) in [6, 6.07) is 0. The van der Waals surface area contributed by atoms with Gasteiger partial charge in [-0.25, -0.2) is 0 Å². The summed E-state index contributed by atoms with van der Waals surface area (Å²) >= 11 is 0. The van der Waals surface area contributed by atoms with Crippen LogP contribution in [0.25, 0.3) is 0 Å². The van der Waals surface area contributed by atoms with Gasteiger partial charge in [-0.3, -0.25) is 9.59 Å². The van der Waals surface area contributed by atoms with E-state index in [9.17, 15) is 9.59 Å². The molecule has 2 N–H and O–H groups in total. The van der Waals surface area contributed by atoms with Gasteiger partial charge in [0.1, 0.15) is 0 Å². The Morgan fingerprint density at radius 2 is 2.00 bits per heavy atom. The number of nitrogens with one attached hydrogen (secondary N) is 1. The quantitative estimate of drug-likeness (QED) is 0.679. The van der Waals surface area contributed by atoms with Crippen molar-refractivity contribution in [3.8, 4) is 0 Å². The first-order chi connectivity index (χ1) is 6.93. The second kappa shape index (κ2) is 4.61. The van der Waals surface area contributed by atoms with Crippen LogP contribution in [-0.4, -0.2) is 48.1 Å². The summed E-state index contributed by atoms with van der Waals surface area (Å²) in [5, 5.41) is 11.6. The predicted molar refractivity (Wildman–Crippen MR) is 55.5 cm³/mol. The normalized spacial score (nSPS) is 18.3. The number of carbonyl (C=O) groups excluding carboxylic acids is 1. The molecule has 0 saturated heterocycles. The fourth-order valence-corrected chi connectivity index (χ4v) is 1.86. The number of carbonyl (C=O) groups is 2. The van der Waals surface area contributed by atoms with Crippen LogP contribution in [0, 0.1) is 0 Å². The van der Waals surface area contributed by atoms with Gasteiger partial charge in [-0.1, -0.05) is 0 Å². The molecule has 1 aliphatic rings. The van der Waals surface area contributed by atoms with Gasteiger partial charge in [0.2, 0.25) is 5.91 Å². The van der Waals surface area contributed by atoms with Crippen molar-refractivity contribution < 1.29 is 14.7 Å². The van der Waals surface area contributed by atoms with Gasteiger partial charge in [0.05, 0.1) is 18.5 Å². The lowest BCUT2D eigenvalue weighted by Gasteiger charge is -2.41. The lowest BCUT2D eigenvalue weighted by atomic mass is 9.74. The maximum absolute atomic E-state index is 11.5. The molecule has 0 aliphatic heterocycles. The summed E-state index contributed by atoms with van der Waals surface area (Å²) in [6.07, 6.45) is 2.58. The van der Waals surface area contributed by atoms with Crippen LogP contribution in [0.5, 0.6) is 0 Å². The fraction of sp³-hybridized carbons (Fsp3) is 0.800. The summed E-state index contributed by atoms with van der Waals surface area (Å²) in [5.41, 5.74) is -0.473. The van der Waals surface area contributed by atoms with Gasteiger partial charge in [0.25, 0.3) is 0 Å². The van der Waals surface area contributed by atoms with Crippen molar-refractivity contribution in [3.63, 3.8) is 0 Å². The van der Waals surface area contributed by atoms with E-state index in [1.54, 1.807) is 4.90 Å². The van der Waals surface area contributed by atoms with E-state index in [1.807, 2.05) is 14.1 Å². The monoisotopic (exact) mass is 214 g/mol. The van der Waals surface area contributed by atoms with Crippen LogP contribution in [0.1, 0.15) is 25.7 Å². The Morgan fingerprint density at radius 3 is 2.33 bits per heavy atom. The van der Waals surface area contributed by atoms with Crippen molar-refractivity contribution in [1.29, 1.82) is 0 Å². The largest absolute Gasteiger partial charge is 0.481 e. The summed E-state index contributed by atoms with van der Waals surface area (Å²) in [5.74, 6) is -0.944. The third kappa shape index (κ3) is 3.51. The van der Waals surface area contributed by atoms with Crippen LogP contribution in [0.4, 0.5) is 0 Å². The number of aliphatic carboxylic acids is 1. The lowest BCUT2D eigenvalue weighted by molar-refractivity contribution is -0.140. The molecule has 0 bridgehead atoms. The maximum Gasteiger partial charge on any atom is 0.305 e. The number of amides is 1. The molecule has 0 aromatic carbocycles. The molecule has 0 aromatic rings. The standard InChI is InChI=1S/C10H18N2O3/c1-12(2)7-8(13)11-10(4-3-5-10)6-9(14)15/h3-7H2,1-2H3,(H,11,13)(H,14,15). The van der Waals surface area contributed by atoms with E-state index in [2.05, 4.69) is 5.32 Å². The Balaban J connectivity index is 2.46. The molecule has 15 heavy (non-hydrogen) atoms. The van der Waals surface area contributed by atoms with Crippen LogP contribution in [-0.2, 0) is 9.59 Å². The fourth-order valence-electron chi connectivity index (χ4n) is 1.86. The van der Waals surface area contributed by atoms with Gasteiger partial charge in [0.15, 0.2) is 0 Å². The zero-order chi connectivity index (χ0) is 11.5. The third-order valence-electron chi connectivity index (χ3n) is 2.66. The molecule has 1 rings (SSSR count). The van der Waals surface area contributed by atoms with Crippen molar-refractivity contribution >= 4 is 11.9 Å². The minimum absolute atomic E-state index is 0.0339. The second-order valence-electron chi connectivity index (χ2n) is 4.49. The van der Waals surface area contributed by atoms with Gasteiger partial charge in [0, 0.05) is 0 Å². The zero-order valence-electron chi connectivity index (χ0n) is 9.25. The number of carboxylic acids is 1. The highest BCUT2D eigenvalue weighted by atomic mass is 16.4. The van der Waals surface area contributed by atoms with Crippen LogP contribution in [0.2, 0.25) is 0 Å². The molecule has 0 radical (unpaired) electrons. The molecular formula is C10H18N2O3. The molecule has 1 aliphatic carbocycles. The molecule has 0 heterocycles. The number of carboxylic acid groups (broad SMARTS) is 1. The Morgan fingerprint density at radius 1 is 1.40 bits per heavy atom. The molecular weight excluding hydrogens is 196 g/mol. The smallest absolute Gasteiger partial charge is 0.305 e. The Labute approximate surface area is 89.4 Å². The average Bonchev–Trinajstić information content (AvgIpc) is 1.97. The summed E-state index contributed by atoms with van der Waals surface area (Å²) in [4.78, 5) is 23.9.